The highest BCUT2D eigenvalue weighted by atomic mass is 28.4. The van der Waals surface area contributed by atoms with Gasteiger partial charge < -0.3 is 22.8 Å². The van der Waals surface area contributed by atoms with Gasteiger partial charge in [-0.3, -0.25) is 0 Å². The van der Waals surface area contributed by atoms with Crippen LogP contribution < -0.4 is 0 Å². The molecule has 0 amide bonds. The molecule has 0 aliphatic carbocycles. The second-order valence-corrected chi connectivity index (χ2v) is 7.40. The minimum absolute atomic E-state index is 0.354. The van der Waals surface area contributed by atoms with Gasteiger partial charge in [-0.15, -0.1) is 0 Å². The third-order valence-corrected chi connectivity index (χ3v) is 5.89. The highest BCUT2D eigenvalue weighted by molar-refractivity contribution is 6.60. The van der Waals surface area contributed by atoms with E-state index in [1.54, 1.807) is 14.2 Å². The van der Waals surface area contributed by atoms with Crippen molar-refractivity contribution in [2.45, 2.75) is 38.3 Å². The molecule has 0 N–H and O–H groups in total. The van der Waals surface area contributed by atoms with E-state index in [2.05, 4.69) is 6.92 Å². The van der Waals surface area contributed by atoms with E-state index < -0.39 is 8.80 Å². The molecule has 5 nitrogen and oxygen atoms in total. The molecule has 1 saturated heterocycles. The molecule has 108 valence electrons. The summed E-state index contributed by atoms with van der Waals surface area (Å²) in [5, 5.41) is 0. The number of epoxide rings is 1. The summed E-state index contributed by atoms with van der Waals surface area (Å²) in [6.45, 7) is 5.14. The van der Waals surface area contributed by atoms with Crippen molar-refractivity contribution in [1.82, 2.24) is 0 Å². The van der Waals surface area contributed by atoms with Crippen molar-refractivity contribution in [3.63, 3.8) is 0 Å². The Kier molecular flexibility index (Phi) is 8.04. The third-order valence-electron chi connectivity index (χ3n) is 2.89. The second kappa shape index (κ2) is 9.01. The minimum Gasteiger partial charge on any atom is -0.379 e. The van der Waals surface area contributed by atoms with E-state index in [-0.39, 0.29) is 0 Å². The van der Waals surface area contributed by atoms with Gasteiger partial charge >= 0.3 is 8.80 Å². The van der Waals surface area contributed by atoms with Crippen LogP contribution in [0.2, 0.25) is 6.04 Å². The Labute approximate surface area is 111 Å². The molecule has 1 unspecified atom stereocenters. The average molecular weight is 278 g/mol. The van der Waals surface area contributed by atoms with Crippen LogP contribution in [-0.4, -0.2) is 55.6 Å². The molecular formula is C12H26O5Si. The van der Waals surface area contributed by atoms with Crippen LogP contribution in [0.25, 0.3) is 0 Å². The maximum atomic E-state index is 5.82. The van der Waals surface area contributed by atoms with Crippen molar-refractivity contribution in [3.05, 3.63) is 0 Å². The quantitative estimate of drug-likeness (QED) is 0.310. The van der Waals surface area contributed by atoms with Gasteiger partial charge in [0.05, 0.1) is 13.2 Å². The van der Waals surface area contributed by atoms with Gasteiger partial charge in [0.2, 0.25) is 0 Å². The third kappa shape index (κ3) is 6.26. The predicted octanol–water partition coefficient (Wildman–Crippen LogP) is 1.84. The summed E-state index contributed by atoms with van der Waals surface area (Å²) < 4.78 is 27.2. The molecule has 0 aromatic carbocycles. The fourth-order valence-electron chi connectivity index (χ4n) is 1.70. The van der Waals surface area contributed by atoms with E-state index in [1.807, 2.05) is 0 Å². The average Bonchev–Trinajstić information content (AvgIpc) is 3.20. The first kappa shape index (κ1) is 16.1. The zero-order valence-electron chi connectivity index (χ0n) is 11.8. The maximum absolute atomic E-state index is 5.82. The fraction of sp³-hybridized carbons (Fsp3) is 1.00. The first-order valence-electron chi connectivity index (χ1n) is 6.70. The lowest BCUT2D eigenvalue weighted by atomic mass is 10.3. The zero-order chi connectivity index (χ0) is 13.3. The van der Waals surface area contributed by atoms with E-state index >= 15 is 0 Å². The Morgan fingerprint density at radius 2 is 1.83 bits per heavy atom. The topological polar surface area (TPSA) is 49.5 Å². The summed E-state index contributed by atoms with van der Waals surface area (Å²) in [7, 11) is 0.961. The summed E-state index contributed by atoms with van der Waals surface area (Å²) >= 11 is 0. The smallest absolute Gasteiger partial charge is 0.379 e. The Morgan fingerprint density at radius 3 is 2.39 bits per heavy atom. The number of rotatable bonds is 12. The first-order chi connectivity index (χ1) is 8.76. The number of unbranched alkanes of at least 4 members (excludes halogenated alkanes) is 1. The zero-order valence-corrected chi connectivity index (χ0v) is 12.8. The van der Waals surface area contributed by atoms with Crippen LogP contribution in [0.4, 0.5) is 0 Å². The van der Waals surface area contributed by atoms with Crippen molar-refractivity contribution in [2.24, 2.45) is 0 Å². The molecular weight excluding hydrogens is 252 g/mol. The Morgan fingerprint density at radius 1 is 1.17 bits per heavy atom. The van der Waals surface area contributed by atoms with Gasteiger partial charge in [0, 0.05) is 33.5 Å². The fourth-order valence-corrected chi connectivity index (χ4v) is 3.72. The van der Waals surface area contributed by atoms with Crippen molar-refractivity contribution >= 4 is 8.80 Å². The van der Waals surface area contributed by atoms with Gasteiger partial charge in [-0.1, -0.05) is 13.3 Å². The van der Waals surface area contributed by atoms with Crippen LogP contribution >= 0.6 is 0 Å². The van der Waals surface area contributed by atoms with E-state index in [9.17, 15) is 0 Å². The summed E-state index contributed by atoms with van der Waals surface area (Å²) in [6, 6.07) is 0.871. The molecule has 0 saturated carbocycles. The molecule has 1 fully saturated rings. The van der Waals surface area contributed by atoms with Crippen LogP contribution in [0.3, 0.4) is 0 Å². The largest absolute Gasteiger partial charge is 0.500 e. The standard InChI is InChI=1S/C12H26O5Si/c1-4-9-18(13-2,14-3)17-8-6-5-7-15-10-12-11-16-12/h12H,4-11H2,1-3H3. The molecule has 0 aromatic heterocycles. The lowest BCUT2D eigenvalue weighted by molar-refractivity contribution is 0.0847. The number of hydrogen-bond acceptors (Lipinski definition) is 5. The normalized spacial score (nSPS) is 19.2. The van der Waals surface area contributed by atoms with Crippen LogP contribution in [-0.2, 0) is 22.8 Å². The van der Waals surface area contributed by atoms with Gasteiger partial charge in [0.25, 0.3) is 0 Å². The Balaban J connectivity index is 1.99. The second-order valence-electron chi connectivity index (χ2n) is 4.43. The van der Waals surface area contributed by atoms with Crippen molar-refractivity contribution in [1.29, 1.82) is 0 Å². The Bertz CT molecular complexity index is 207. The molecule has 1 heterocycles. The number of hydrogen-bond donors (Lipinski definition) is 0. The van der Waals surface area contributed by atoms with Gasteiger partial charge in [0.1, 0.15) is 6.10 Å². The monoisotopic (exact) mass is 278 g/mol. The lowest BCUT2D eigenvalue weighted by Crippen LogP contribution is -2.43. The predicted molar refractivity (Wildman–Crippen MR) is 70.6 cm³/mol. The minimum atomic E-state index is -2.38. The molecule has 0 radical (unpaired) electrons. The maximum Gasteiger partial charge on any atom is 0.500 e. The number of ether oxygens (including phenoxy) is 2. The molecule has 0 aromatic rings. The van der Waals surface area contributed by atoms with E-state index in [1.165, 1.54) is 0 Å². The van der Waals surface area contributed by atoms with Crippen LogP contribution in [0.1, 0.15) is 26.2 Å². The van der Waals surface area contributed by atoms with Crippen LogP contribution in [0.15, 0.2) is 0 Å². The highest BCUT2D eigenvalue weighted by Gasteiger charge is 2.37. The summed E-state index contributed by atoms with van der Waals surface area (Å²) in [4.78, 5) is 0. The highest BCUT2D eigenvalue weighted by Crippen LogP contribution is 2.16. The summed E-state index contributed by atoms with van der Waals surface area (Å²) in [5.41, 5.74) is 0. The molecule has 18 heavy (non-hydrogen) atoms. The van der Waals surface area contributed by atoms with E-state index in [0.717, 1.165) is 45.1 Å². The molecule has 6 heteroatoms. The van der Waals surface area contributed by atoms with E-state index in [4.69, 9.17) is 22.8 Å². The SMILES string of the molecule is CCC[Si](OC)(OC)OCCCCOCC1CO1. The molecule has 1 rings (SSSR count). The molecule has 1 aliphatic rings. The summed E-state index contributed by atoms with van der Waals surface area (Å²) in [6.07, 6.45) is 3.33. The van der Waals surface area contributed by atoms with Crippen LogP contribution in [0.5, 0.6) is 0 Å². The molecule has 1 aliphatic heterocycles. The van der Waals surface area contributed by atoms with Crippen molar-refractivity contribution in [3.8, 4) is 0 Å². The van der Waals surface area contributed by atoms with Gasteiger partial charge in [-0.05, 0) is 12.8 Å². The summed E-state index contributed by atoms with van der Waals surface area (Å²) in [5.74, 6) is 0. The molecule has 0 bridgehead atoms. The van der Waals surface area contributed by atoms with Crippen LogP contribution in [0, 0.1) is 0 Å². The lowest BCUT2D eigenvalue weighted by Gasteiger charge is -2.25. The van der Waals surface area contributed by atoms with Gasteiger partial charge in [0.15, 0.2) is 0 Å². The Hall–Kier alpha value is 0.0169. The molecule has 1 atom stereocenters. The molecule has 0 spiro atoms. The van der Waals surface area contributed by atoms with Gasteiger partial charge in [-0.25, -0.2) is 0 Å². The van der Waals surface area contributed by atoms with Crippen molar-refractivity contribution < 1.29 is 22.8 Å². The van der Waals surface area contributed by atoms with Crippen molar-refractivity contribution in [2.75, 3.05) is 40.6 Å². The van der Waals surface area contributed by atoms with E-state index in [0.29, 0.717) is 12.7 Å². The first-order valence-corrected chi connectivity index (χ1v) is 8.63. The van der Waals surface area contributed by atoms with Gasteiger partial charge in [-0.2, -0.15) is 0 Å².